The third-order valence-corrected chi connectivity index (χ3v) is 4.77. The lowest BCUT2D eigenvalue weighted by Crippen LogP contribution is -2.31. The van der Waals surface area contributed by atoms with Crippen molar-refractivity contribution in [3.8, 4) is 0 Å². The summed E-state index contributed by atoms with van der Waals surface area (Å²) in [7, 11) is 0. The third-order valence-electron chi connectivity index (χ3n) is 4.44. The van der Waals surface area contributed by atoms with Crippen molar-refractivity contribution < 1.29 is 19.1 Å². The number of benzene rings is 2. The Bertz CT molecular complexity index is 903. The van der Waals surface area contributed by atoms with E-state index in [4.69, 9.17) is 16.7 Å². The van der Waals surface area contributed by atoms with Crippen LogP contribution in [0.3, 0.4) is 0 Å². The van der Waals surface area contributed by atoms with Gasteiger partial charge < -0.3 is 10.4 Å². The van der Waals surface area contributed by atoms with Crippen LogP contribution in [0.15, 0.2) is 36.4 Å². The Labute approximate surface area is 155 Å². The Kier molecular flexibility index (Phi) is 5.09. The zero-order chi connectivity index (χ0) is 18.8. The Morgan fingerprint density at radius 2 is 2.15 bits per heavy atom. The van der Waals surface area contributed by atoms with Gasteiger partial charge in [0.1, 0.15) is 5.82 Å². The normalized spacial score (nSPS) is 16.8. The molecule has 0 radical (unpaired) electrons. The number of amides is 1. The number of carboxylic acid groups (broad SMARTS) is 1. The Morgan fingerprint density at radius 3 is 2.85 bits per heavy atom. The number of carbonyl (C=O) groups excluding carboxylic acids is 1. The van der Waals surface area contributed by atoms with Gasteiger partial charge >= 0.3 is 5.97 Å². The summed E-state index contributed by atoms with van der Waals surface area (Å²) >= 11 is 6.07. The fourth-order valence-corrected chi connectivity index (χ4v) is 3.26. The standard InChI is InChI=1S/C20H17ClFNO3/c1-11(7-15-16(21)3-2-4-17(15)22)12-5-6-18-13(8-12)9-14(10-19(24)25)20(26)23-18/h2-8,14H,9-10H2,1H3,(H,23,26)(H,24,25). The number of fused-ring (bicyclic) bond motifs is 1. The van der Waals surface area contributed by atoms with E-state index in [-0.39, 0.29) is 12.3 Å². The maximum Gasteiger partial charge on any atom is 0.304 e. The molecule has 1 heterocycles. The quantitative estimate of drug-likeness (QED) is 0.768. The highest BCUT2D eigenvalue weighted by molar-refractivity contribution is 6.32. The average molecular weight is 374 g/mol. The molecule has 0 saturated heterocycles. The molecule has 0 bridgehead atoms. The molecule has 1 aliphatic rings. The van der Waals surface area contributed by atoms with Crippen LogP contribution in [0, 0.1) is 11.7 Å². The predicted molar refractivity (Wildman–Crippen MR) is 99.5 cm³/mol. The number of anilines is 1. The first kappa shape index (κ1) is 18.1. The van der Waals surface area contributed by atoms with Crippen molar-refractivity contribution in [1.29, 1.82) is 0 Å². The van der Waals surface area contributed by atoms with Gasteiger partial charge in [-0.25, -0.2) is 4.39 Å². The fourth-order valence-electron chi connectivity index (χ4n) is 3.05. The molecule has 1 unspecified atom stereocenters. The monoisotopic (exact) mass is 373 g/mol. The summed E-state index contributed by atoms with van der Waals surface area (Å²) in [5.41, 5.74) is 3.53. The number of allylic oxidation sites excluding steroid dienone is 1. The molecule has 0 aliphatic carbocycles. The maximum atomic E-state index is 14.0. The van der Waals surface area contributed by atoms with Crippen molar-refractivity contribution in [3.63, 3.8) is 0 Å². The maximum absolute atomic E-state index is 14.0. The molecule has 26 heavy (non-hydrogen) atoms. The number of hydrogen-bond donors (Lipinski definition) is 2. The minimum Gasteiger partial charge on any atom is -0.481 e. The Hall–Kier alpha value is -2.66. The lowest BCUT2D eigenvalue weighted by Gasteiger charge is -2.24. The number of carboxylic acids is 1. The van der Waals surface area contributed by atoms with E-state index < -0.39 is 17.7 Å². The van der Waals surface area contributed by atoms with Gasteiger partial charge in [-0.15, -0.1) is 0 Å². The van der Waals surface area contributed by atoms with Gasteiger partial charge in [0.2, 0.25) is 5.91 Å². The van der Waals surface area contributed by atoms with E-state index in [1.165, 1.54) is 6.07 Å². The van der Waals surface area contributed by atoms with E-state index in [0.29, 0.717) is 22.7 Å². The molecule has 0 saturated carbocycles. The Balaban J connectivity index is 1.93. The van der Waals surface area contributed by atoms with Crippen LogP contribution in [-0.2, 0) is 16.0 Å². The lowest BCUT2D eigenvalue weighted by atomic mass is 9.89. The van der Waals surface area contributed by atoms with Gasteiger partial charge in [0.25, 0.3) is 0 Å². The number of hydrogen-bond acceptors (Lipinski definition) is 2. The Morgan fingerprint density at radius 1 is 1.38 bits per heavy atom. The number of nitrogens with one attached hydrogen (secondary N) is 1. The first-order valence-corrected chi connectivity index (χ1v) is 8.51. The molecule has 0 fully saturated rings. The van der Waals surface area contributed by atoms with Gasteiger partial charge in [0.05, 0.1) is 17.4 Å². The van der Waals surface area contributed by atoms with Crippen molar-refractivity contribution in [3.05, 3.63) is 63.9 Å². The second-order valence-corrected chi connectivity index (χ2v) is 6.73. The summed E-state index contributed by atoms with van der Waals surface area (Å²) < 4.78 is 14.0. The average Bonchev–Trinajstić information content (AvgIpc) is 2.58. The van der Waals surface area contributed by atoms with Gasteiger partial charge in [0, 0.05) is 11.3 Å². The number of carbonyl (C=O) groups is 2. The van der Waals surface area contributed by atoms with Gasteiger partial charge in [-0.1, -0.05) is 23.7 Å². The zero-order valence-corrected chi connectivity index (χ0v) is 14.8. The third kappa shape index (κ3) is 3.78. The second-order valence-electron chi connectivity index (χ2n) is 6.32. The smallest absolute Gasteiger partial charge is 0.304 e. The van der Waals surface area contributed by atoms with Crippen LogP contribution in [0.1, 0.15) is 30.0 Å². The molecule has 6 heteroatoms. The van der Waals surface area contributed by atoms with Crippen molar-refractivity contribution in [1.82, 2.24) is 0 Å². The molecule has 134 valence electrons. The first-order valence-electron chi connectivity index (χ1n) is 8.13. The molecular weight excluding hydrogens is 357 g/mol. The van der Waals surface area contributed by atoms with Crippen molar-refractivity contribution >= 4 is 40.8 Å². The van der Waals surface area contributed by atoms with E-state index in [2.05, 4.69) is 5.32 Å². The van der Waals surface area contributed by atoms with Crippen LogP contribution in [0.4, 0.5) is 10.1 Å². The number of rotatable bonds is 4. The van der Waals surface area contributed by atoms with Crippen LogP contribution in [-0.4, -0.2) is 17.0 Å². The summed E-state index contributed by atoms with van der Waals surface area (Å²) in [4.78, 5) is 22.9. The van der Waals surface area contributed by atoms with Gasteiger partial charge in [-0.05, 0) is 60.4 Å². The predicted octanol–water partition coefficient (Wildman–Crippen LogP) is 4.63. The van der Waals surface area contributed by atoms with E-state index in [9.17, 15) is 14.0 Å². The molecule has 0 aromatic heterocycles. The zero-order valence-electron chi connectivity index (χ0n) is 14.1. The van der Waals surface area contributed by atoms with Crippen LogP contribution in [0.25, 0.3) is 11.6 Å². The summed E-state index contributed by atoms with van der Waals surface area (Å²) in [5.74, 6) is -2.28. The van der Waals surface area contributed by atoms with Crippen molar-refractivity contribution in [2.45, 2.75) is 19.8 Å². The molecule has 2 aromatic rings. The molecule has 1 amide bonds. The molecular formula is C20H17ClFNO3. The summed E-state index contributed by atoms with van der Waals surface area (Å²) in [6, 6.07) is 10.0. The molecule has 1 aliphatic heterocycles. The van der Waals surface area contributed by atoms with Crippen LogP contribution >= 0.6 is 11.6 Å². The second kappa shape index (κ2) is 7.30. The van der Waals surface area contributed by atoms with Gasteiger partial charge in [-0.2, -0.15) is 0 Å². The van der Waals surface area contributed by atoms with E-state index in [1.54, 1.807) is 24.3 Å². The van der Waals surface area contributed by atoms with Crippen molar-refractivity contribution in [2.75, 3.05) is 5.32 Å². The number of halogens is 2. The van der Waals surface area contributed by atoms with E-state index in [1.807, 2.05) is 19.1 Å². The van der Waals surface area contributed by atoms with Gasteiger partial charge in [-0.3, -0.25) is 9.59 Å². The van der Waals surface area contributed by atoms with Crippen LogP contribution in [0.5, 0.6) is 0 Å². The fraction of sp³-hybridized carbons (Fsp3) is 0.200. The SMILES string of the molecule is CC(=Cc1c(F)cccc1Cl)c1ccc2c(c1)CC(CC(=O)O)C(=O)N2. The molecule has 2 aromatic carbocycles. The van der Waals surface area contributed by atoms with Crippen LogP contribution in [0.2, 0.25) is 5.02 Å². The van der Waals surface area contributed by atoms with Crippen LogP contribution < -0.4 is 5.32 Å². The summed E-state index contributed by atoms with van der Waals surface area (Å²) in [5, 5.41) is 12.0. The minimum atomic E-state index is -1.00. The minimum absolute atomic E-state index is 0.213. The molecule has 4 nitrogen and oxygen atoms in total. The summed E-state index contributed by atoms with van der Waals surface area (Å²) in [6.45, 7) is 1.85. The molecule has 3 rings (SSSR count). The topological polar surface area (TPSA) is 66.4 Å². The highest BCUT2D eigenvalue weighted by Gasteiger charge is 2.28. The lowest BCUT2D eigenvalue weighted by molar-refractivity contribution is -0.140. The van der Waals surface area contributed by atoms with Gasteiger partial charge in [0.15, 0.2) is 0 Å². The molecule has 2 N–H and O–H groups in total. The van der Waals surface area contributed by atoms with Crippen molar-refractivity contribution in [2.24, 2.45) is 5.92 Å². The highest BCUT2D eigenvalue weighted by Crippen LogP contribution is 2.31. The first-order chi connectivity index (χ1) is 12.3. The van der Waals surface area contributed by atoms with E-state index in [0.717, 1.165) is 16.7 Å². The van der Waals surface area contributed by atoms with E-state index >= 15 is 0 Å². The highest BCUT2D eigenvalue weighted by atomic mass is 35.5. The largest absolute Gasteiger partial charge is 0.481 e. The number of aliphatic carboxylic acids is 1. The summed E-state index contributed by atoms with van der Waals surface area (Å²) in [6.07, 6.45) is 1.82. The molecule has 0 spiro atoms. The molecule has 1 atom stereocenters.